The Morgan fingerprint density at radius 3 is 1.39 bits per heavy atom. The molecule has 0 aliphatic carbocycles. The summed E-state index contributed by atoms with van der Waals surface area (Å²) in [6, 6.07) is 20.3. The SMILES string of the molecule is CC(=O)n1c(-c2cccc(-c3nc4ccccc4n3C(C)=O)n2)nc2ccccc21.[Cl-].[Cl-].[V+2]. The molecular weight excluding hydrogens is 500 g/mol. The first-order valence-electron chi connectivity index (χ1n) is 9.49. The van der Waals surface area contributed by atoms with E-state index >= 15 is 0 Å². The number of hydrogen-bond donors (Lipinski definition) is 0. The second-order valence-corrected chi connectivity index (χ2v) is 6.97. The number of imidazole rings is 2. The maximum atomic E-state index is 12.4. The molecule has 165 valence electrons. The molecule has 7 nitrogen and oxygen atoms in total. The van der Waals surface area contributed by atoms with Crippen molar-refractivity contribution < 1.29 is 53.0 Å². The van der Waals surface area contributed by atoms with E-state index in [4.69, 9.17) is 4.98 Å². The van der Waals surface area contributed by atoms with E-state index in [1.54, 1.807) is 21.3 Å². The quantitative estimate of drug-likeness (QED) is 0.283. The molecule has 0 spiro atoms. The van der Waals surface area contributed by atoms with Crippen LogP contribution in [0, 0.1) is 0 Å². The fraction of sp³-hybridized carbons (Fsp3) is 0.0870. The fourth-order valence-electron chi connectivity index (χ4n) is 3.72. The summed E-state index contributed by atoms with van der Waals surface area (Å²) in [5, 5.41) is 0. The Balaban J connectivity index is 0.00000128. The van der Waals surface area contributed by atoms with Gasteiger partial charge in [0.25, 0.3) is 0 Å². The third kappa shape index (κ3) is 4.45. The van der Waals surface area contributed by atoms with Crippen LogP contribution in [0.5, 0.6) is 0 Å². The van der Waals surface area contributed by atoms with Crippen molar-refractivity contribution in [2.75, 3.05) is 0 Å². The summed E-state index contributed by atoms with van der Waals surface area (Å²) in [6.07, 6.45) is 0. The van der Waals surface area contributed by atoms with Crippen LogP contribution in [0.15, 0.2) is 66.7 Å². The molecule has 2 aromatic carbocycles. The van der Waals surface area contributed by atoms with Gasteiger partial charge < -0.3 is 24.8 Å². The van der Waals surface area contributed by atoms with Crippen LogP contribution >= 0.6 is 0 Å². The average Bonchev–Trinajstić information content (AvgIpc) is 3.33. The first-order chi connectivity index (χ1) is 14.5. The first kappa shape index (κ1) is 26.3. The van der Waals surface area contributed by atoms with Gasteiger partial charge in [-0.05, 0) is 36.4 Å². The molecule has 1 radical (unpaired) electrons. The summed E-state index contributed by atoms with van der Waals surface area (Å²) in [5.74, 6) is 0.607. The predicted molar refractivity (Wildman–Crippen MR) is 114 cm³/mol. The number of para-hydroxylation sites is 4. The van der Waals surface area contributed by atoms with Gasteiger partial charge in [0, 0.05) is 13.8 Å². The molecule has 0 saturated heterocycles. The summed E-state index contributed by atoms with van der Waals surface area (Å²) in [5.41, 5.74) is 3.94. The number of carbonyl (C=O) groups excluding carboxylic acids is 2. The van der Waals surface area contributed by atoms with Crippen molar-refractivity contribution in [1.29, 1.82) is 0 Å². The van der Waals surface area contributed by atoms with E-state index in [9.17, 15) is 9.59 Å². The number of benzene rings is 2. The van der Waals surface area contributed by atoms with Crippen molar-refractivity contribution >= 4 is 33.9 Å². The van der Waals surface area contributed by atoms with Crippen molar-refractivity contribution in [3.63, 3.8) is 0 Å². The van der Waals surface area contributed by atoms with Crippen LogP contribution in [0.3, 0.4) is 0 Å². The monoisotopic (exact) mass is 516 g/mol. The molecule has 5 aromatic rings. The molecule has 0 aliphatic rings. The number of hydrogen-bond acceptors (Lipinski definition) is 5. The Bertz CT molecular complexity index is 1370. The maximum Gasteiger partial charge on any atom is 2.00 e. The van der Waals surface area contributed by atoms with Gasteiger partial charge in [-0.15, -0.1) is 0 Å². The topological polar surface area (TPSA) is 82.7 Å². The van der Waals surface area contributed by atoms with Crippen molar-refractivity contribution in [3.8, 4) is 23.0 Å². The molecule has 0 atom stereocenters. The molecule has 33 heavy (non-hydrogen) atoms. The van der Waals surface area contributed by atoms with Gasteiger partial charge in [0.15, 0.2) is 11.6 Å². The predicted octanol–water partition coefficient (Wildman–Crippen LogP) is -1.56. The summed E-state index contributed by atoms with van der Waals surface area (Å²) >= 11 is 0. The molecule has 5 rings (SSSR count). The third-order valence-corrected chi connectivity index (χ3v) is 4.96. The van der Waals surface area contributed by atoms with Crippen LogP contribution in [0.4, 0.5) is 0 Å². The molecular formula is C23H17Cl2N5O2V. The molecule has 0 saturated carbocycles. The molecule has 0 unspecified atom stereocenters. The van der Waals surface area contributed by atoms with Gasteiger partial charge in [-0.3, -0.25) is 18.7 Å². The second kappa shape index (κ2) is 10.3. The summed E-state index contributed by atoms with van der Waals surface area (Å²) in [7, 11) is 0. The van der Waals surface area contributed by atoms with E-state index in [1.807, 2.05) is 54.6 Å². The Labute approximate surface area is 214 Å². The molecule has 0 aliphatic heterocycles. The Morgan fingerprint density at radius 1 is 0.606 bits per heavy atom. The number of halogens is 2. The number of rotatable bonds is 2. The van der Waals surface area contributed by atoms with Gasteiger partial charge in [0.05, 0.1) is 22.1 Å². The Morgan fingerprint density at radius 2 is 1.00 bits per heavy atom. The van der Waals surface area contributed by atoms with Gasteiger partial charge >= 0.3 is 18.6 Å². The number of pyridine rings is 1. The van der Waals surface area contributed by atoms with Gasteiger partial charge in [0.1, 0.15) is 11.4 Å². The van der Waals surface area contributed by atoms with Crippen LogP contribution < -0.4 is 24.8 Å². The van der Waals surface area contributed by atoms with Crippen LogP contribution in [0.25, 0.3) is 45.1 Å². The van der Waals surface area contributed by atoms with Gasteiger partial charge in [-0.2, -0.15) is 0 Å². The van der Waals surface area contributed by atoms with Gasteiger partial charge in [-0.1, -0.05) is 30.3 Å². The Kier molecular flexibility index (Phi) is 8.22. The van der Waals surface area contributed by atoms with Gasteiger partial charge in [0.2, 0.25) is 11.8 Å². The number of carbonyl (C=O) groups is 2. The normalized spacial score (nSPS) is 10.2. The van der Waals surface area contributed by atoms with Crippen LogP contribution in [0.1, 0.15) is 23.4 Å². The third-order valence-electron chi connectivity index (χ3n) is 4.96. The molecule has 0 fully saturated rings. The zero-order chi connectivity index (χ0) is 20.8. The summed E-state index contributed by atoms with van der Waals surface area (Å²) < 4.78 is 3.10. The first-order valence-corrected chi connectivity index (χ1v) is 9.49. The standard InChI is InChI=1S/C23H17N5O2.2ClH.V/c1-14(29)27-20-12-5-3-8-16(20)25-22(27)18-10-7-11-19(24-18)23-26-17-9-4-6-13-21(17)28(23)15(2)30;;;/h3-13H,1-2H3;2*1H;/q;;;+2/p-2. The number of fused-ring (bicyclic) bond motifs is 2. The minimum atomic E-state index is -0.151. The number of aromatic nitrogens is 5. The largest absolute Gasteiger partial charge is 2.00 e. The van der Waals surface area contributed by atoms with Crippen molar-refractivity contribution in [1.82, 2.24) is 24.1 Å². The minimum Gasteiger partial charge on any atom is -1.00 e. The van der Waals surface area contributed by atoms with E-state index in [-0.39, 0.29) is 55.2 Å². The smallest absolute Gasteiger partial charge is 1.00 e. The molecule has 0 amide bonds. The summed E-state index contributed by atoms with van der Waals surface area (Å²) in [4.78, 5) is 38.7. The van der Waals surface area contributed by atoms with Gasteiger partial charge in [-0.25, -0.2) is 15.0 Å². The van der Waals surface area contributed by atoms with E-state index in [2.05, 4.69) is 9.97 Å². The molecule has 3 aromatic heterocycles. The zero-order valence-electron chi connectivity index (χ0n) is 17.6. The average molecular weight is 517 g/mol. The number of nitrogens with zero attached hydrogens (tertiary/aromatic N) is 5. The van der Waals surface area contributed by atoms with Crippen LogP contribution in [-0.4, -0.2) is 35.9 Å². The van der Waals surface area contributed by atoms with E-state index in [0.717, 1.165) is 11.0 Å². The minimum absolute atomic E-state index is 0. The van der Waals surface area contributed by atoms with Crippen molar-refractivity contribution in [2.45, 2.75) is 13.8 Å². The maximum absolute atomic E-state index is 12.4. The van der Waals surface area contributed by atoms with Crippen molar-refractivity contribution in [2.24, 2.45) is 0 Å². The molecule has 0 bridgehead atoms. The molecule has 3 heterocycles. The zero-order valence-corrected chi connectivity index (χ0v) is 20.5. The molecule has 0 N–H and O–H groups in total. The molecule has 10 heteroatoms. The fourth-order valence-corrected chi connectivity index (χ4v) is 3.72. The second-order valence-electron chi connectivity index (χ2n) is 6.97. The van der Waals surface area contributed by atoms with E-state index < -0.39 is 0 Å². The Hall–Kier alpha value is -2.97. The van der Waals surface area contributed by atoms with Crippen LogP contribution in [0.2, 0.25) is 0 Å². The van der Waals surface area contributed by atoms with Crippen LogP contribution in [-0.2, 0) is 18.6 Å². The van der Waals surface area contributed by atoms with Crippen molar-refractivity contribution in [3.05, 3.63) is 66.7 Å². The van der Waals surface area contributed by atoms with E-state index in [1.165, 1.54) is 13.8 Å². The summed E-state index contributed by atoms with van der Waals surface area (Å²) in [6.45, 7) is 2.99. The van der Waals surface area contributed by atoms with E-state index in [0.29, 0.717) is 34.1 Å².